The van der Waals surface area contributed by atoms with Gasteiger partial charge in [0.05, 0.1) is 11.0 Å². The third kappa shape index (κ3) is 1.75. The highest BCUT2D eigenvalue weighted by Crippen LogP contribution is 2.34. The van der Waals surface area contributed by atoms with Gasteiger partial charge >= 0.3 is 5.70 Å². The molecule has 6 heteroatoms. The van der Waals surface area contributed by atoms with Crippen LogP contribution in [-0.4, -0.2) is 11.0 Å². The summed E-state index contributed by atoms with van der Waals surface area (Å²) in [4.78, 5) is 10.2. The Morgan fingerprint density at radius 3 is 2.93 bits per heavy atom. The largest absolute Gasteiger partial charge is 0.363 e. The van der Waals surface area contributed by atoms with E-state index in [-0.39, 0.29) is 21.9 Å². The number of dihydropyridines is 1. The molecular weight excluding hydrogens is 239 g/mol. The van der Waals surface area contributed by atoms with Gasteiger partial charge in [0, 0.05) is 0 Å². The van der Waals surface area contributed by atoms with Gasteiger partial charge in [-0.15, -0.1) is 0 Å². The summed E-state index contributed by atoms with van der Waals surface area (Å²) in [6, 6.07) is -0.00120. The first-order chi connectivity index (χ1) is 7.11. The van der Waals surface area contributed by atoms with Crippen molar-refractivity contribution in [3.8, 4) is 0 Å². The van der Waals surface area contributed by atoms with Crippen LogP contribution in [-0.2, 0) is 0 Å². The highest BCUT2D eigenvalue weighted by Gasteiger charge is 2.33. The fraction of sp³-hybridized carbons (Fsp3) is 0.333. The van der Waals surface area contributed by atoms with E-state index in [1.165, 1.54) is 0 Å². The fourth-order valence-corrected chi connectivity index (χ4v) is 2.44. The number of nitrogens with zero attached hydrogens (tertiary/aromatic N) is 1. The monoisotopic (exact) mass is 246 g/mol. The van der Waals surface area contributed by atoms with E-state index in [1.54, 1.807) is 0 Å². The Morgan fingerprint density at radius 1 is 1.53 bits per heavy atom. The van der Waals surface area contributed by atoms with Crippen LogP contribution in [0.25, 0.3) is 0 Å². The van der Waals surface area contributed by atoms with E-state index in [4.69, 9.17) is 23.2 Å². The average molecular weight is 247 g/mol. The predicted molar refractivity (Wildman–Crippen MR) is 58.1 cm³/mol. The lowest BCUT2D eigenvalue weighted by molar-refractivity contribution is -0.421. The molecule has 0 saturated carbocycles. The Labute approximate surface area is 96.4 Å². The van der Waals surface area contributed by atoms with E-state index in [9.17, 15) is 10.1 Å². The first-order valence-corrected chi connectivity index (χ1v) is 5.24. The first kappa shape index (κ1) is 10.5. The number of hydrogen-bond acceptors (Lipinski definition) is 3. The lowest BCUT2D eigenvalue weighted by atomic mass is 9.93. The van der Waals surface area contributed by atoms with Crippen LogP contribution in [0.1, 0.15) is 12.8 Å². The zero-order valence-corrected chi connectivity index (χ0v) is 9.18. The maximum absolute atomic E-state index is 10.7. The van der Waals surface area contributed by atoms with Crippen LogP contribution >= 0.6 is 23.2 Å². The Kier molecular flexibility index (Phi) is 2.71. The molecule has 0 amide bonds. The van der Waals surface area contributed by atoms with Gasteiger partial charge in [-0.05, 0) is 18.4 Å². The molecule has 0 radical (unpaired) electrons. The van der Waals surface area contributed by atoms with E-state index in [2.05, 4.69) is 5.32 Å². The van der Waals surface area contributed by atoms with Crippen LogP contribution in [0.2, 0.25) is 0 Å². The Morgan fingerprint density at radius 2 is 2.27 bits per heavy atom. The number of hydrogen-bond donors (Lipinski definition) is 1. The molecule has 80 valence electrons. The van der Waals surface area contributed by atoms with Crippen molar-refractivity contribution in [1.29, 1.82) is 0 Å². The second-order valence-corrected chi connectivity index (χ2v) is 4.12. The van der Waals surface area contributed by atoms with Crippen molar-refractivity contribution >= 4 is 23.2 Å². The second kappa shape index (κ2) is 3.87. The molecule has 0 aromatic carbocycles. The number of nitro groups is 1. The highest BCUT2D eigenvalue weighted by atomic mass is 35.5. The summed E-state index contributed by atoms with van der Waals surface area (Å²) in [7, 11) is 0. The highest BCUT2D eigenvalue weighted by molar-refractivity contribution is 6.36. The molecular formula is C9H8Cl2N2O2. The molecule has 1 N–H and O–H groups in total. The van der Waals surface area contributed by atoms with Crippen LogP contribution in [0.5, 0.6) is 0 Å². The zero-order chi connectivity index (χ0) is 11.0. The van der Waals surface area contributed by atoms with Crippen LogP contribution in [0.15, 0.2) is 33.6 Å². The molecule has 4 nitrogen and oxygen atoms in total. The SMILES string of the molecule is O=[N+]([O-])C1=C(Cl)NC2CCC=CC2=C1Cl. The van der Waals surface area contributed by atoms with Gasteiger partial charge in [-0.1, -0.05) is 35.4 Å². The van der Waals surface area contributed by atoms with Gasteiger partial charge in [0.15, 0.2) is 5.16 Å². The number of halogens is 2. The van der Waals surface area contributed by atoms with Crippen molar-refractivity contribution in [3.63, 3.8) is 0 Å². The minimum absolute atomic E-state index is 0.00120. The normalized spacial score (nSPS) is 25.1. The molecule has 0 fully saturated rings. The smallest absolute Gasteiger partial charge is 0.322 e. The van der Waals surface area contributed by atoms with E-state index in [0.29, 0.717) is 0 Å². The molecule has 1 atom stereocenters. The summed E-state index contributed by atoms with van der Waals surface area (Å²) in [5.41, 5.74) is 0.509. The van der Waals surface area contributed by atoms with E-state index in [1.807, 2.05) is 12.2 Å². The second-order valence-electron chi connectivity index (χ2n) is 3.37. The van der Waals surface area contributed by atoms with Gasteiger partial charge in [-0.25, -0.2) is 0 Å². The molecule has 1 unspecified atom stereocenters. The summed E-state index contributed by atoms with van der Waals surface area (Å²) < 4.78 is 0. The maximum atomic E-state index is 10.7. The van der Waals surface area contributed by atoms with Crippen LogP contribution in [0.4, 0.5) is 0 Å². The van der Waals surface area contributed by atoms with E-state index in [0.717, 1.165) is 18.4 Å². The third-order valence-corrected chi connectivity index (χ3v) is 3.13. The Balaban J connectivity index is 2.50. The van der Waals surface area contributed by atoms with Crippen molar-refractivity contribution in [1.82, 2.24) is 5.32 Å². The minimum Gasteiger partial charge on any atom is -0.363 e. The fourth-order valence-electron chi connectivity index (χ4n) is 1.74. The lowest BCUT2D eigenvalue weighted by Crippen LogP contribution is -2.35. The van der Waals surface area contributed by atoms with E-state index < -0.39 is 4.92 Å². The molecule has 1 aliphatic heterocycles. The molecule has 0 aromatic rings. The van der Waals surface area contributed by atoms with Crippen molar-refractivity contribution in [3.05, 3.63) is 43.7 Å². The minimum atomic E-state index is -0.566. The predicted octanol–water partition coefficient (Wildman–Crippen LogP) is 2.49. The number of fused-ring (bicyclic) bond motifs is 1. The van der Waals surface area contributed by atoms with Gasteiger partial charge < -0.3 is 5.32 Å². The van der Waals surface area contributed by atoms with Crippen molar-refractivity contribution < 1.29 is 4.92 Å². The molecule has 1 aliphatic carbocycles. The number of nitrogens with one attached hydrogen (secondary N) is 1. The number of rotatable bonds is 1. The van der Waals surface area contributed by atoms with Crippen molar-refractivity contribution in [2.24, 2.45) is 0 Å². The molecule has 0 saturated heterocycles. The maximum Gasteiger partial charge on any atom is 0.322 e. The molecule has 15 heavy (non-hydrogen) atoms. The Hall–Kier alpha value is -1.00. The van der Waals surface area contributed by atoms with Gasteiger partial charge in [0.2, 0.25) is 0 Å². The molecule has 0 spiro atoms. The quantitative estimate of drug-likeness (QED) is 0.440. The topological polar surface area (TPSA) is 55.2 Å². The number of allylic oxidation sites excluding steroid dienone is 2. The van der Waals surface area contributed by atoms with Crippen LogP contribution < -0.4 is 5.32 Å². The van der Waals surface area contributed by atoms with E-state index >= 15 is 0 Å². The summed E-state index contributed by atoms with van der Waals surface area (Å²) in [6.07, 6.45) is 5.54. The third-order valence-electron chi connectivity index (χ3n) is 2.45. The zero-order valence-electron chi connectivity index (χ0n) is 7.67. The average Bonchev–Trinajstić information content (AvgIpc) is 2.17. The van der Waals surface area contributed by atoms with Gasteiger partial charge in [-0.2, -0.15) is 0 Å². The van der Waals surface area contributed by atoms with Gasteiger partial charge in [0.1, 0.15) is 5.03 Å². The van der Waals surface area contributed by atoms with Crippen LogP contribution in [0, 0.1) is 10.1 Å². The summed E-state index contributed by atoms with van der Waals surface area (Å²) in [5, 5.41) is 13.8. The molecule has 2 aliphatic rings. The summed E-state index contributed by atoms with van der Waals surface area (Å²) in [6.45, 7) is 0. The van der Waals surface area contributed by atoms with Gasteiger partial charge in [-0.3, -0.25) is 10.1 Å². The van der Waals surface area contributed by atoms with Crippen LogP contribution in [0.3, 0.4) is 0 Å². The van der Waals surface area contributed by atoms with Crippen molar-refractivity contribution in [2.75, 3.05) is 0 Å². The molecule has 2 rings (SSSR count). The van der Waals surface area contributed by atoms with Gasteiger partial charge in [0.25, 0.3) is 0 Å². The Bertz CT molecular complexity index is 412. The molecule has 1 heterocycles. The molecule has 0 aromatic heterocycles. The lowest BCUT2D eigenvalue weighted by Gasteiger charge is -2.27. The summed E-state index contributed by atoms with van der Waals surface area (Å²) >= 11 is 11.7. The van der Waals surface area contributed by atoms with Crippen molar-refractivity contribution in [2.45, 2.75) is 18.9 Å². The summed E-state index contributed by atoms with van der Waals surface area (Å²) in [5.74, 6) is 0. The molecule has 0 bridgehead atoms. The standard InChI is InChI=1S/C9H8Cl2N2O2/c10-7-5-3-1-2-4-6(5)12-9(11)8(7)13(14)15/h1,3,6,12H,2,4H2. The first-order valence-electron chi connectivity index (χ1n) is 4.48.